The van der Waals surface area contributed by atoms with E-state index in [4.69, 9.17) is 0 Å². The zero-order valence-corrected chi connectivity index (χ0v) is 13.2. The zero-order valence-electron chi connectivity index (χ0n) is 13.2. The van der Waals surface area contributed by atoms with Gasteiger partial charge in [0.05, 0.1) is 5.60 Å². The van der Waals surface area contributed by atoms with E-state index >= 15 is 0 Å². The Bertz CT molecular complexity index is 647. The predicted molar refractivity (Wildman–Crippen MR) is 87.7 cm³/mol. The minimum Gasteiger partial charge on any atom is -0.385 e. The number of aliphatic hydroxyl groups is 1. The Balaban J connectivity index is 1.88. The summed E-state index contributed by atoms with van der Waals surface area (Å²) in [7, 11) is 0. The number of aryl methyl sites for hydroxylation is 4. The number of hydrogen-bond donors (Lipinski definition) is 1. The summed E-state index contributed by atoms with van der Waals surface area (Å²) in [6.45, 7) is 6.10. The SMILES string of the molecule is Cc1cc(C)cc(C(C)(O)Cc2ccc3c(c2)CCC3)c1. The molecule has 0 heterocycles. The molecule has 0 aromatic heterocycles. The normalized spacial score (nSPS) is 16.6. The Hall–Kier alpha value is -1.60. The van der Waals surface area contributed by atoms with Crippen LogP contribution < -0.4 is 0 Å². The van der Waals surface area contributed by atoms with Gasteiger partial charge in [-0.1, -0.05) is 47.5 Å². The summed E-state index contributed by atoms with van der Waals surface area (Å²) >= 11 is 0. The van der Waals surface area contributed by atoms with Crippen LogP contribution in [0.25, 0.3) is 0 Å². The van der Waals surface area contributed by atoms with Gasteiger partial charge in [0.15, 0.2) is 0 Å². The van der Waals surface area contributed by atoms with E-state index in [1.165, 1.54) is 47.1 Å². The molecule has 0 saturated carbocycles. The summed E-state index contributed by atoms with van der Waals surface area (Å²) in [6, 6.07) is 13.1. The van der Waals surface area contributed by atoms with Crippen molar-refractivity contribution in [2.45, 2.75) is 52.1 Å². The average Bonchev–Trinajstić information content (AvgIpc) is 2.84. The largest absolute Gasteiger partial charge is 0.385 e. The fraction of sp³-hybridized carbons (Fsp3) is 0.400. The molecule has 2 aromatic carbocycles. The van der Waals surface area contributed by atoms with Crippen LogP contribution in [0.15, 0.2) is 36.4 Å². The van der Waals surface area contributed by atoms with Gasteiger partial charge in [0, 0.05) is 6.42 Å². The molecular formula is C20H24O. The maximum atomic E-state index is 10.9. The second-order valence-electron chi connectivity index (χ2n) is 6.78. The van der Waals surface area contributed by atoms with Crippen molar-refractivity contribution < 1.29 is 5.11 Å². The molecule has 3 rings (SSSR count). The summed E-state index contributed by atoms with van der Waals surface area (Å²) in [4.78, 5) is 0. The Labute approximate surface area is 127 Å². The number of benzene rings is 2. The van der Waals surface area contributed by atoms with Crippen molar-refractivity contribution in [2.75, 3.05) is 0 Å². The lowest BCUT2D eigenvalue weighted by molar-refractivity contribution is 0.0575. The molecule has 0 amide bonds. The molecular weight excluding hydrogens is 256 g/mol. The van der Waals surface area contributed by atoms with E-state index in [-0.39, 0.29) is 0 Å². The molecule has 2 aromatic rings. The van der Waals surface area contributed by atoms with Crippen molar-refractivity contribution in [2.24, 2.45) is 0 Å². The van der Waals surface area contributed by atoms with Gasteiger partial charge in [-0.25, -0.2) is 0 Å². The van der Waals surface area contributed by atoms with Crippen molar-refractivity contribution in [1.29, 1.82) is 0 Å². The van der Waals surface area contributed by atoms with Crippen LogP contribution in [0.3, 0.4) is 0 Å². The lowest BCUT2D eigenvalue weighted by atomic mass is 9.86. The van der Waals surface area contributed by atoms with Gasteiger partial charge in [0.1, 0.15) is 0 Å². The Morgan fingerprint density at radius 2 is 1.62 bits per heavy atom. The Kier molecular flexibility index (Phi) is 3.62. The molecule has 21 heavy (non-hydrogen) atoms. The molecule has 0 radical (unpaired) electrons. The molecule has 0 aliphatic heterocycles. The molecule has 1 aliphatic rings. The van der Waals surface area contributed by atoms with Gasteiger partial charge in [-0.15, -0.1) is 0 Å². The summed E-state index contributed by atoms with van der Waals surface area (Å²) in [5.41, 5.74) is 6.82. The highest BCUT2D eigenvalue weighted by atomic mass is 16.3. The number of fused-ring (bicyclic) bond motifs is 1. The topological polar surface area (TPSA) is 20.2 Å². The summed E-state index contributed by atoms with van der Waals surface area (Å²) in [6.07, 6.45) is 4.34. The van der Waals surface area contributed by atoms with E-state index in [1.807, 2.05) is 6.92 Å². The van der Waals surface area contributed by atoms with Crippen LogP contribution in [0.1, 0.15) is 46.7 Å². The molecule has 1 aliphatic carbocycles. The van der Waals surface area contributed by atoms with Crippen molar-refractivity contribution in [3.8, 4) is 0 Å². The Morgan fingerprint density at radius 3 is 2.33 bits per heavy atom. The van der Waals surface area contributed by atoms with Crippen LogP contribution in [-0.2, 0) is 24.9 Å². The van der Waals surface area contributed by atoms with Crippen molar-refractivity contribution in [3.05, 3.63) is 69.8 Å². The third kappa shape index (κ3) is 3.03. The molecule has 1 atom stereocenters. The minimum absolute atomic E-state index is 0.670. The van der Waals surface area contributed by atoms with E-state index in [9.17, 15) is 5.11 Å². The minimum atomic E-state index is -0.816. The fourth-order valence-corrected chi connectivity index (χ4v) is 3.52. The molecule has 0 saturated heterocycles. The smallest absolute Gasteiger partial charge is 0.0908 e. The van der Waals surface area contributed by atoms with E-state index < -0.39 is 5.60 Å². The van der Waals surface area contributed by atoms with Crippen LogP contribution in [0.5, 0.6) is 0 Å². The second-order valence-corrected chi connectivity index (χ2v) is 6.78. The van der Waals surface area contributed by atoms with Crippen molar-refractivity contribution in [1.82, 2.24) is 0 Å². The standard InChI is InChI=1S/C20H24O/c1-14-9-15(2)11-19(10-14)20(3,21)13-16-7-8-17-5-4-6-18(17)12-16/h7-12,21H,4-6,13H2,1-3H3. The molecule has 1 unspecified atom stereocenters. The zero-order chi connectivity index (χ0) is 15.0. The summed E-state index contributed by atoms with van der Waals surface area (Å²) < 4.78 is 0. The molecule has 0 bridgehead atoms. The maximum absolute atomic E-state index is 10.9. The Morgan fingerprint density at radius 1 is 0.952 bits per heavy atom. The average molecular weight is 280 g/mol. The first-order chi connectivity index (χ1) is 9.94. The number of hydrogen-bond acceptors (Lipinski definition) is 1. The van der Waals surface area contributed by atoms with Gasteiger partial charge in [-0.3, -0.25) is 0 Å². The van der Waals surface area contributed by atoms with Crippen LogP contribution in [0, 0.1) is 13.8 Å². The summed E-state index contributed by atoms with van der Waals surface area (Å²) in [5.74, 6) is 0. The van der Waals surface area contributed by atoms with Gasteiger partial charge in [-0.2, -0.15) is 0 Å². The van der Waals surface area contributed by atoms with Crippen LogP contribution in [0.4, 0.5) is 0 Å². The first-order valence-electron chi connectivity index (χ1n) is 7.86. The van der Waals surface area contributed by atoms with Crippen LogP contribution >= 0.6 is 0 Å². The highest BCUT2D eigenvalue weighted by molar-refractivity contribution is 5.38. The van der Waals surface area contributed by atoms with Crippen molar-refractivity contribution >= 4 is 0 Å². The maximum Gasteiger partial charge on any atom is 0.0908 e. The van der Waals surface area contributed by atoms with Crippen LogP contribution in [-0.4, -0.2) is 5.11 Å². The third-order valence-corrected chi connectivity index (χ3v) is 4.55. The fourth-order valence-electron chi connectivity index (χ4n) is 3.52. The van der Waals surface area contributed by atoms with Gasteiger partial charge in [0.25, 0.3) is 0 Å². The van der Waals surface area contributed by atoms with Gasteiger partial charge in [-0.05, 0) is 62.3 Å². The van der Waals surface area contributed by atoms with E-state index in [0.29, 0.717) is 6.42 Å². The molecule has 1 heteroatoms. The second kappa shape index (κ2) is 5.31. The van der Waals surface area contributed by atoms with Crippen LogP contribution in [0.2, 0.25) is 0 Å². The highest BCUT2D eigenvalue weighted by Crippen LogP contribution is 2.29. The van der Waals surface area contributed by atoms with Gasteiger partial charge < -0.3 is 5.11 Å². The number of rotatable bonds is 3. The molecule has 1 N–H and O–H groups in total. The van der Waals surface area contributed by atoms with E-state index in [2.05, 4.69) is 50.2 Å². The van der Waals surface area contributed by atoms with Gasteiger partial charge in [0.2, 0.25) is 0 Å². The predicted octanol–water partition coefficient (Wildman–Crippen LogP) is 4.24. The third-order valence-electron chi connectivity index (χ3n) is 4.55. The molecule has 0 spiro atoms. The van der Waals surface area contributed by atoms with E-state index in [0.717, 1.165) is 5.56 Å². The highest BCUT2D eigenvalue weighted by Gasteiger charge is 2.24. The quantitative estimate of drug-likeness (QED) is 0.891. The summed E-state index contributed by atoms with van der Waals surface area (Å²) in [5, 5.41) is 10.9. The van der Waals surface area contributed by atoms with E-state index in [1.54, 1.807) is 0 Å². The monoisotopic (exact) mass is 280 g/mol. The first kappa shape index (κ1) is 14.3. The lowest BCUT2D eigenvalue weighted by Gasteiger charge is -2.25. The molecule has 0 fully saturated rings. The molecule has 1 nitrogen and oxygen atoms in total. The lowest BCUT2D eigenvalue weighted by Crippen LogP contribution is -2.24. The molecule has 110 valence electrons. The first-order valence-corrected chi connectivity index (χ1v) is 7.86. The van der Waals surface area contributed by atoms with Gasteiger partial charge >= 0.3 is 0 Å². The van der Waals surface area contributed by atoms with Crippen molar-refractivity contribution in [3.63, 3.8) is 0 Å².